The number of carbonyl (C=O) groups excluding carboxylic acids is 2. The Morgan fingerprint density at radius 2 is 2.12 bits per heavy atom. The summed E-state index contributed by atoms with van der Waals surface area (Å²) >= 11 is 0. The summed E-state index contributed by atoms with van der Waals surface area (Å²) in [7, 11) is 0. The summed E-state index contributed by atoms with van der Waals surface area (Å²) in [6, 6.07) is 1.41. The van der Waals surface area contributed by atoms with Gasteiger partial charge in [0.2, 0.25) is 0 Å². The summed E-state index contributed by atoms with van der Waals surface area (Å²) in [4.78, 5) is 39.5. The molecule has 1 saturated heterocycles. The highest BCUT2D eigenvalue weighted by Crippen LogP contribution is 2.53. The molecule has 0 amide bonds. The Bertz CT molecular complexity index is 778. The molecule has 2 fully saturated rings. The molecule has 0 bridgehead atoms. The molecule has 1 aromatic rings. The van der Waals surface area contributed by atoms with Gasteiger partial charge in [0.15, 0.2) is 5.78 Å². The number of fused-ring (bicyclic) bond motifs is 2. The average Bonchev–Trinajstić information content (AvgIpc) is 2.99. The van der Waals surface area contributed by atoms with Crippen LogP contribution in [-0.4, -0.2) is 35.6 Å². The number of Topliss-reactive ketones (excluding diaryl/α,β-unsaturated/α-hetero) is 1. The van der Waals surface area contributed by atoms with Crippen LogP contribution in [0.5, 0.6) is 0 Å². The standard InChI is InChI=1S/C18H21NO5/c1-18(2)14-9(6-7-23-14)15(18)24-17(22)11-8-10-12(19-16(11)21)4-3-5-13(10)20/h8-9,14-15H,3-7H2,1-2H3,(H,19,21)/t9-,14-,15-/m1/s1. The molecule has 1 aliphatic heterocycles. The first-order chi connectivity index (χ1) is 11.4. The van der Waals surface area contributed by atoms with E-state index >= 15 is 0 Å². The van der Waals surface area contributed by atoms with Crippen molar-refractivity contribution in [2.24, 2.45) is 11.3 Å². The van der Waals surface area contributed by atoms with Crippen LogP contribution in [0, 0.1) is 11.3 Å². The fourth-order valence-corrected chi connectivity index (χ4v) is 4.42. The van der Waals surface area contributed by atoms with Crippen LogP contribution in [0.15, 0.2) is 10.9 Å². The van der Waals surface area contributed by atoms with Crippen molar-refractivity contribution >= 4 is 11.8 Å². The van der Waals surface area contributed by atoms with Crippen LogP contribution < -0.4 is 5.56 Å². The lowest BCUT2D eigenvalue weighted by atomic mass is 9.59. The minimum absolute atomic E-state index is 0.0326. The highest BCUT2D eigenvalue weighted by molar-refractivity contribution is 6.00. The summed E-state index contributed by atoms with van der Waals surface area (Å²) in [5.41, 5.74) is 0.254. The van der Waals surface area contributed by atoms with Gasteiger partial charge < -0.3 is 14.5 Å². The van der Waals surface area contributed by atoms with Crippen molar-refractivity contribution in [1.82, 2.24) is 4.98 Å². The van der Waals surface area contributed by atoms with Gasteiger partial charge in [0, 0.05) is 35.6 Å². The Kier molecular flexibility index (Phi) is 3.42. The monoisotopic (exact) mass is 331 g/mol. The summed E-state index contributed by atoms with van der Waals surface area (Å²) in [6.45, 7) is 4.71. The van der Waals surface area contributed by atoms with Gasteiger partial charge in [-0.15, -0.1) is 0 Å². The minimum Gasteiger partial charge on any atom is -0.458 e. The topological polar surface area (TPSA) is 85.5 Å². The molecule has 6 nitrogen and oxygen atoms in total. The Hall–Kier alpha value is -1.95. The van der Waals surface area contributed by atoms with Crippen LogP contribution in [0.25, 0.3) is 0 Å². The SMILES string of the molecule is CC1(C)[C@@H]2OCC[C@H]2[C@H]1OC(=O)c1cc2c([nH]c1=O)CCCC2=O. The third-order valence-corrected chi connectivity index (χ3v) is 5.70. The zero-order valence-corrected chi connectivity index (χ0v) is 13.9. The molecule has 1 aromatic heterocycles. The summed E-state index contributed by atoms with van der Waals surface area (Å²) in [6.07, 6.45) is 2.55. The van der Waals surface area contributed by atoms with E-state index in [4.69, 9.17) is 9.47 Å². The number of pyridine rings is 1. The molecule has 24 heavy (non-hydrogen) atoms. The van der Waals surface area contributed by atoms with E-state index in [0.29, 0.717) is 30.7 Å². The molecular weight excluding hydrogens is 310 g/mol. The maximum absolute atomic E-state index is 12.5. The first kappa shape index (κ1) is 15.6. The molecule has 3 aliphatic rings. The molecule has 2 aliphatic carbocycles. The van der Waals surface area contributed by atoms with Crippen molar-refractivity contribution in [3.05, 3.63) is 33.2 Å². The maximum atomic E-state index is 12.5. The molecule has 4 rings (SSSR count). The highest BCUT2D eigenvalue weighted by atomic mass is 16.6. The first-order valence-corrected chi connectivity index (χ1v) is 8.51. The predicted octanol–water partition coefficient (Wildman–Crippen LogP) is 1.86. The van der Waals surface area contributed by atoms with E-state index in [0.717, 1.165) is 12.8 Å². The van der Waals surface area contributed by atoms with Gasteiger partial charge >= 0.3 is 5.97 Å². The second-order valence-corrected chi connectivity index (χ2v) is 7.57. The second kappa shape index (κ2) is 5.28. The number of H-pyrrole nitrogens is 1. The van der Waals surface area contributed by atoms with Crippen LogP contribution in [0.4, 0.5) is 0 Å². The lowest BCUT2D eigenvalue weighted by molar-refractivity contribution is -0.183. The van der Waals surface area contributed by atoms with Crippen molar-refractivity contribution in [1.29, 1.82) is 0 Å². The van der Waals surface area contributed by atoms with Gasteiger partial charge in [-0.1, -0.05) is 13.8 Å². The van der Waals surface area contributed by atoms with Crippen LogP contribution >= 0.6 is 0 Å². The van der Waals surface area contributed by atoms with Crippen molar-refractivity contribution in [2.45, 2.75) is 51.7 Å². The number of hydrogen-bond donors (Lipinski definition) is 1. The van der Waals surface area contributed by atoms with Crippen LogP contribution in [-0.2, 0) is 15.9 Å². The number of esters is 1. The Morgan fingerprint density at radius 1 is 1.33 bits per heavy atom. The molecule has 0 radical (unpaired) electrons. The molecule has 1 N–H and O–H groups in total. The van der Waals surface area contributed by atoms with Gasteiger partial charge in [0.25, 0.3) is 5.56 Å². The molecule has 0 aromatic carbocycles. The fourth-order valence-electron chi connectivity index (χ4n) is 4.42. The van der Waals surface area contributed by atoms with E-state index in [9.17, 15) is 14.4 Å². The Morgan fingerprint density at radius 3 is 2.92 bits per heavy atom. The van der Waals surface area contributed by atoms with Crippen molar-refractivity contribution in [3.8, 4) is 0 Å². The largest absolute Gasteiger partial charge is 0.458 e. The summed E-state index contributed by atoms with van der Waals surface area (Å²) < 4.78 is 11.4. The Labute approximate surface area is 139 Å². The number of hydrogen-bond acceptors (Lipinski definition) is 5. The quantitative estimate of drug-likeness (QED) is 0.836. The van der Waals surface area contributed by atoms with E-state index in [1.807, 2.05) is 13.8 Å². The fraction of sp³-hybridized carbons (Fsp3) is 0.611. The van der Waals surface area contributed by atoms with Crippen LogP contribution in [0.2, 0.25) is 0 Å². The van der Waals surface area contributed by atoms with Crippen molar-refractivity contribution in [2.75, 3.05) is 6.61 Å². The summed E-state index contributed by atoms with van der Waals surface area (Å²) in [5, 5.41) is 0. The van der Waals surface area contributed by atoms with E-state index in [-0.39, 0.29) is 34.9 Å². The number of nitrogens with one attached hydrogen (secondary N) is 1. The molecule has 0 spiro atoms. The third-order valence-electron chi connectivity index (χ3n) is 5.70. The van der Waals surface area contributed by atoms with E-state index in [1.54, 1.807) is 0 Å². The predicted molar refractivity (Wildman–Crippen MR) is 85.2 cm³/mol. The molecular formula is C18H21NO5. The zero-order chi connectivity index (χ0) is 17.1. The van der Waals surface area contributed by atoms with Gasteiger partial charge in [0.1, 0.15) is 11.7 Å². The number of ether oxygens (including phenoxy) is 2. The molecule has 2 heterocycles. The van der Waals surface area contributed by atoms with Gasteiger partial charge in [-0.2, -0.15) is 0 Å². The molecule has 3 atom stereocenters. The Balaban J connectivity index is 1.60. The van der Waals surface area contributed by atoms with E-state index in [1.165, 1.54) is 6.07 Å². The van der Waals surface area contributed by atoms with E-state index < -0.39 is 11.5 Å². The zero-order valence-electron chi connectivity index (χ0n) is 13.9. The molecule has 128 valence electrons. The number of rotatable bonds is 2. The normalized spacial score (nSPS) is 30.2. The van der Waals surface area contributed by atoms with Gasteiger partial charge in [0.05, 0.1) is 6.10 Å². The smallest absolute Gasteiger partial charge is 0.344 e. The third kappa shape index (κ3) is 2.16. The van der Waals surface area contributed by atoms with Crippen molar-refractivity contribution in [3.63, 3.8) is 0 Å². The number of aromatic nitrogens is 1. The first-order valence-electron chi connectivity index (χ1n) is 8.51. The van der Waals surface area contributed by atoms with Crippen LogP contribution in [0.3, 0.4) is 0 Å². The summed E-state index contributed by atoms with van der Waals surface area (Å²) in [5.74, 6) is -0.488. The van der Waals surface area contributed by atoms with E-state index in [2.05, 4.69) is 4.98 Å². The van der Waals surface area contributed by atoms with Crippen LogP contribution in [0.1, 0.15) is 59.5 Å². The number of aromatic amines is 1. The molecule has 6 heteroatoms. The van der Waals surface area contributed by atoms with Gasteiger partial charge in [-0.3, -0.25) is 9.59 Å². The molecule has 1 saturated carbocycles. The van der Waals surface area contributed by atoms with Crippen molar-refractivity contribution < 1.29 is 19.1 Å². The number of carbonyl (C=O) groups is 2. The molecule has 0 unspecified atom stereocenters. The lowest BCUT2D eigenvalue weighted by Gasteiger charge is -2.53. The maximum Gasteiger partial charge on any atom is 0.344 e. The van der Waals surface area contributed by atoms with Gasteiger partial charge in [-0.05, 0) is 25.3 Å². The minimum atomic E-state index is -0.652. The highest BCUT2D eigenvalue weighted by Gasteiger charge is 2.61. The number of aryl methyl sites for hydroxylation is 1. The lowest BCUT2D eigenvalue weighted by Crippen LogP contribution is -2.61. The van der Waals surface area contributed by atoms with Gasteiger partial charge in [-0.25, -0.2) is 4.79 Å². The number of ketones is 1. The average molecular weight is 331 g/mol. The second-order valence-electron chi connectivity index (χ2n) is 7.57.